The van der Waals surface area contributed by atoms with Crippen molar-refractivity contribution in [3.05, 3.63) is 108 Å². The number of nitriles is 2. The van der Waals surface area contributed by atoms with Crippen molar-refractivity contribution in [1.29, 1.82) is 10.5 Å². The molecule has 0 spiro atoms. The number of hydrogen-bond acceptors (Lipinski definition) is 9. The molecule has 43 heavy (non-hydrogen) atoms. The second-order valence-corrected chi connectivity index (χ2v) is 9.88. The molecule has 202 valence electrons. The number of hydrogen-bond donors (Lipinski definition) is 0. The molecule has 0 aliphatic heterocycles. The van der Waals surface area contributed by atoms with E-state index in [1.165, 1.54) is 24.8 Å². The Morgan fingerprint density at radius 3 is 1.84 bits per heavy atom. The van der Waals surface area contributed by atoms with Gasteiger partial charge in [0.25, 0.3) is 0 Å². The minimum absolute atomic E-state index is 0.366. The maximum Gasteiger partial charge on any atom is 0.163 e. The zero-order valence-electron chi connectivity index (χ0n) is 23.1. The fraction of sp³-hybridized carbons (Fsp3) is 0.0606. The van der Waals surface area contributed by atoms with Crippen molar-refractivity contribution in [2.24, 2.45) is 0 Å². The first kappa shape index (κ1) is 25.6. The van der Waals surface area contributed by atoms with E-state index in [2.05, 4.69) is 69.8 Å². The summed E-state index contributed by atoms with van der Waals surface area (Å²) in [6, 6.07) is 24.4. The van der Waals surface area contributed by atoms with Crippen molar-refractivity contribution >= 4 is 21.8 Å². The Balaban J connectivity index is 1.48. The molecule has 4 aromatic heterocycles. The third-order valence-corrected chi connectivity index (χ3v) is 7.09. The van der Waals surface area contributed by atoms with E-state index in [1.807, 2.05) is 56.3 Å². The topological polar surface area (TPSA) is 143 Å². The third-order valence-electron chi connectivity index (χ3n) is 7.09. The summed E-state index contributed by atoms with van der Waals surface area (Å²) in [7, 11) is 0. The molecule has 0 aliphatic carbocycles. The van der Waals surface area contributed by atoms with Gasteiger partial charge >= 0.3 is 0 Å². The Morgan fingerprint density at radius 2 is 1.16 bits per heavy atom. The van der Waals surface area contributed by atoms with Crippen LogP contribution in [-0.2, 0) is 0 Å². The summed E-state index contributed by atoms with van der Waals surface area (Å²) < 4.78 is 2.18. The lowest BCUT2D eigenvalue weighted by atomic mass is 10.1. The highest BCUT2D eigenvalue weighted by atomic mass is 15.0. The Hall–Kier alpha value is -6.39. The number of fused-ring (bicyclic) bond motifs is 3. The zero-order valence-corrected chi connectivity index (χ0v) is 23.1. The van der Waals surface area contributed by atoms with Crippen LogP contribution < -0.4 is 0 Å². The average molecular weight is 557 g/mol. The molecule has 0 aliphatic rings. The highest BCUT2D eigenvalue weighted by molar-refractivity contribution is 6.10. The number of benzene rings is 3. The van der Waals surface area contributed by atoms with E-state index in [-0.39, 0.29) is 0 Å². The molecule has 10 nitrogen and oxygen atoms in total. The quantitative estimate of drug-likeness (QED) is 0.258. The van der Waals surface area contributed by atoms with E-state index >= 15 is 0 Å². The molecule has 0 bridgehead atoms. The first-order chi connectivity index (χ1) is 21.0. The van der Waals surface area contributed by atoms with Crippen molar-refractivity contribution in [3.63, 3.8) is 0 Å². The van der Waals surface area contributed by atoms with Gasteiger partial charge in [0.2, 0.25) is 0 Å². The summed E-state index contributed by atoms with van der Waals surface area (Å²) in [5.74, 6) is 2.88. The van der Waals surface area contributed by atoms with Gasteiger partial charge in [-0.3, -0.25) is 0 Å². The molecule has 0 radical (unpaired) electrons. The van der Waals surface area contributed by atoms with Crippen LogP contribution in [0.25, 0.3) is 61.7 Å². The molecule has 7 rings (SSSR count). The van der Waals surface area contributed by atoms with Crippen LogP contribution in [0.1, 0.15) is 22.8 Å². The molecular weight excluding hydrogens is 536 g/mol. The normalized spacial score (nSPS) is 11.0. The number of aryl methyl sites for hydroxylation is 2. The van der Waals surface area contributed by atoms with E-state index in [0.29, 0.717) is 40.2 Å². The van der Waals surface area contributed by atoms with Crippen LogP contribution in [-0.4, -0.2) is 39.5 Å². The van der Waals surface area contributed by atoms with Crippen LogP contribution in [0.15, 0.2) is 85.5 Å². The lowest BCUT2D eigenvalue weighted by molar-refractivity contribution is 0.929. The summed E-state index contributed by atoms with van der Waals surface area (Å²) in [5, 5.41) is 20.6. The fourth-order valence-electron chi connectivity index (χ4n) is 5.23. The molecule has 7 aromatic rings. The maximum absolute atomic E-state index is 9.33. The predicted molar refractivity (Wildman–Crippen MR) is 161 cm³/mol. The van der Waals surface area contributed by atoms with Crippen LogP contribution in [0.5, 0.6) is 0 Å². The summed E-state index contributed by atoms with van der Waals surface area (Å²) in [6.07, 6.45) is 6.00. The van der Waals surface area contributed by atoms with Crippen LogP contribution in [0.2, 0.25) is 0 Å². The first-order valence-corrected chi connectivity index (χ1v) is 13.3. The van der Waals surface area contributed by atoms with Gasteiger partial charge in [0, 0.05) is 52.3 Å². The van der Waals surface area contributed by atoms with E-state index in [1.54, 1.807) is 0 Å². The van der Waals surface area contributed by atoms with Gasteiger partial charge in [-0.2, -0.15) is 10.5 Å². The average Bonchev–Trinajstić information content (AvgIpc) is 3.37. The molecule has 0 fully saturated rings. The molecule has 0 saturated heterocycles. The molecule has 3 aromatic carbocycles. The smallest absolute Gasteiger partial charge is 0.163 e. The largest absolute Gasteiger partial charge is 0.309 e. The molecule has 0 atom stereocenters. The Bertz CT molecular complexity index is 2250. The summed E-state index contributed by atoms with van der Waals surface area (Å²) in [4.78, 5) is 31.3. The zero-order chi connectivity index (χ0) is 29.5. The van der Waals surface area contributed by atoms with Crippen molar-refractivity contribution < 1.29 is 0 Å². The first-order valence-electron chi connectivity index (χ1n) is 13.3. The standard InChI is InChI=1S/C33H20N10/c1-19-40-20(2)42-32(41-19)24-8-9-29-26(11-24)25-5-3-4-6-28(25)43(29)30-10-7-23(31-36-15-21(13-34)16-37-31)12-27(30)33-38-17-22(14-35)18-39-33/h3-12,15-18H,1-2H3. The highest BCUT2D eigenvalue weighted by Gasteiger charge is 2.19. The lowest BCUT2D eigenvalue weighted by Gasteiger charge is -2.14. The Labute approximate surface area is 245 Å². The Kier molecular flexibility index (Phi) is 6.08. The van der Waals surface area contributed by atoms with Gasteiger partial charge in [0.05, 0.1) is 27.8 Å². The van der Waals surface area contributed by atoms with Gasteiger partial charge in [-0.05, 0) is 56.3 Å². The summed E-state index contributed by atoms with van der Waals surface area (Å²) in [6.45, 7) is 3.73. The number of rotatable bonds is 4. The van der Waals surface area contributed by atoms with E-state index < -0.39 is 0 Å². The number of nitrogens with zero attached hydrogens (tertiary/aromatic N) is 10. The Morgan fingerprint density at radius 1 is 0.581 bits per heavy atom. The summed E-state index contributed by atoms with van der Waals surface area (Å²) in [5.41, 5.74) is 5.92. The molecule has 0 unspecified atom stereocenters. The van der Waals surface area contributed by atoms with Crippen molar-refractivity contribution in [2.45, 2.75) is 13.8 Å². The van der Waals surface area contributed by atoms with Crippen LogP contribution in [0, 0.1) is 36.5 Å². The van der Waals surface area contributed by atoms with E-state index in [4.69, 9.17) is 0 Å². The van der Waals surface area contributed by atoms with Gasteiger partial charge in [-0.1, -0.05) is 18.2 Å². The molecular formula is C33H20N10. The predicted octanol–water partition coefficient (Wildman–Crippen LogP) is 5.91. The van der Waals surface area contributed by atoms with Crippen LogP contribution >= 0.6 is 0 Å². The highest BCUT2D eigenvalue weighted by Crippen LogP contribution is 2.38. The molecule has 10 heteroatoms. The van der Waals surface area contributed by atoms with Crippen LogP contribution in [0.4, 0.5) is 0 Å². The summed E-state index contributed by atoms with van der Waals surface area (Å²) >= 11 is 0. The molecule has 0 N–H and O–H groups in total. The molecule has 0 amide bonds. The number of para-hydroxylation sites is 1. The molecule has 4 heterocycles. The second kappa shape index (κ2) is 10.2. The van der Waals surface area contributed by atoms with Gasteiger partial charge < -0.3 is 4.57 Å². The number of aromatic nitrogens is 8. The van der Waals surface area contributed by atoms with Crippen molar-refractivity contribution in [2.75, 3.05) is 0 Å². The van der Waals surface area contributed by atoms with Gasteiger partial charge in [-0.25, -0.2) is 34.9 Å². The van der Waals surface area contributed by atoms with Gasteiger partial charge in [-0.15, -0.1) is 0 Å². The second-order valence-electron chi connectivity index (χ2n) is 9.88. The van der Waals surface area contributed by atoms with Gasteiger partial charge in [0.15, 0.2) is 17.5 Å². The van der Waals surface area contributed by atoms with E-state index in [9.17, 15) is 10.5 Å². The van der Waals surface area contributed by atoms with E-state index in [0.717, 1.165) is 44.2 Å². The van der Waals surface area contributed by atoms with Crippen LogP contribution in [0.3, 0.4) is 0 Å². The monoisotopic (exact) mass is 556 g/mol. The minimum Gasteiger partial charge on any atom is -0.309 e. The fourth-order valence-corrected chi connectivity index (χ4v) is 5.23. The lowest BCUT2D eigenvalue weighted by Crippen LogP contribution is -2.01. The van der Waals surface area contributed by atoms with Crippen molar-refractivity contribution in [1.82, 2.24) is 39.5 Å². The SMILES string of the molecule is Cc1nc(C)nc(-c2ccc3c(c2)c2ccccc2n3-c2ccc(-c3ncc(C#N)cn3)cc2-c2ncc(C#N)cn2)n1. The van der Waals surface area contributed by atoms with Gasteiger partial charge in [0.1, 0.15) is 23.8 Å². The molecule has 0 saturated carbocycles. The minimum atomic E-state index is 0.366. The third kappa shape index (κ3) is 4.49. The maximum atomic E-state index is 9.33. The van der Waals surface area contributed by atoms with Crippen molar-refractivity contribution in [3.8, 4) is 52.0 Å².